The van der Waals surface area contributed by atoms with Gasteiger partial charge >= 0.3 is 0 Å². The Morgan fingerprint density at radius 2 is 1.91 bits per heavy atom. The Kier molecular flexibility index (Phi) is 4.87. The molecule has 3 aromatic heterocycles. The zero-order valence-corrected chi connectivity index (χ0v) is 18.7. The van der Waals surface area contributed by atoms with Crippen LogP contribution in [0.5, 0.6) is 0 Å². The molecule has 0 fully saturated rings. The lowest BCUT2D eigenvalue weighted by Gasteiger charge is -2.24. The molecule has 35 heavy (non-hydrogen) atoms. The van der Waals surface area contributed by atoms with E-state index in [1.54, 1.807) is 12.1 Å². The van der Waals surface area contributed by atoms with Crippen molar-refractivity contribution in [3.05, 3.63) is 89.5 Å². The molecule has 174 valence electrons. The van der Waals surface area contributed by atoms with E-state index in [0.717, 1.165) is 5.57 Å². The van der Waals surface area contributed by atoms with Crippen molar-refractivity contribution in [3.63, 3.8) is 0 Å². The fourth-order valence-electron chi connectivity index (χ4n) is 4.43. The van der Waals surface area contributed by atoms with Gasteiger partial charge in [-0.3, -0.25) is 9.98 Å². The van der Waals surface area contributed by atoms with Crippen molar-refractivity contribution in [1.82, 2.24) is 29.5 Å². The number of nitrogens with two attached hydrogens (primary N) is 1. The molecule has 2 aliphatic rings. The number of nitrogen functional groups attached to an aromatic ring is 1. The molecular weight excluding hydrogens is 450 g/mol. The second kappa shape index (κ2) is 8.08. The van der Waals surface area contributed by atoms with Gasteiger partial charge in [-0.1, -0.05) is 18.2 Å². The summed E-state index contributed by atoms with van der Waals surface area (Å²) in [5.74, 6) is -0.315. The number of pyridine rings is 1. The number of fused-ring (bicyclic) bond motifs is 2. The van der Waals surface area contributed by atoms with Gasteiger partial charge in [0.25, 0.3) is 0 Å². The summed E-state index contributed by atoms with van der Waals surface area (Å²) >= 11 is 0. The molecule has 6 rings (SSSR count). The maximum absolute atomic E-state index is 14.2. The highest BCUT2D eigenvalue weighted by Crippen LogP contribution is 2.36. The lowest BCUT2D eigenvalue weighted by molar-refractivity contribution is 0.446. The average Bonchev–Trinajstić information content (AvgIpc) is 3.45. The van der Waals surface area contributed by atoms with Crippen LogP contribution in [0.4, 0.5) is 14.7 Å². The number of aliphatic imine (C=N–C) groups is 1. The minimum Gasteiger partial charge on any atom is -0.368 e. The molecule has 1 aliphatic carbocycles. The monoisotopic (exact) mass is 470 g/mol. The summed E-state index contributed by atoms with van der Waals surface area (Å²) in [4.78, 5) is 20.0. The topological polar surface area (TPSA) is 97.6 Å². The van der Waals surface area contributed by atoms with Crippen LogP contribution in [0.2, 0.25) is 0 Å². The minimum atomic E-state index is -0.432. The Morgan fingerprint density at radius 3 is 2.71 bits per heavy atom. The van der Waals surface area contributed by atoms with E-state index in [-0.39, 0.29) is 36.0 Å². The first-order valence-electron chi connectivity index (χ1n) is 11.0. The second-order valence-corrected chi connectivity index (χ2v) is 8.46. The lowest BCUT2D eigenvalue weighted by atomic mass is 9.92. The first-order chi connectivity index (χ1) is 17.0. The number of aromatic nitrogens is 5. The van der Waals surface area contributed by atoms with Gasteiger partial charge in [0.05, 0.1) is 41.8 Å². The smallest absolute Gasteiger partial charge is 0.223 e. The van der Waals surface area contributed by atoms with Crippen LogP contribution in [0.3, 0.4) is 0 Å². The summed E-state index contributed by atoms with van der Waals surface area (Å²) in [5.41, 5.74) is 9.79. The number of hydrogen-bond donors (Lipinski definition) is 1. The zero-order valence-electron chi connectivity index (χ0n) is 18.7. The van der Waals surface area contributed by atoms with Crippen LogP contribution < -0.4 is 5.73 Å². The summed E-state index contributed by atoms with van der Waals surface area (Å²) in [6.45, 7) is 0. The summed E-state index contributed by atoms with van der Waals surface area (Å²) in [6, 6.07) is 9.00. The van der Waals surface area contributed by atoms with Crippen molar-refractivity contribution in [2.24, 2.45) is 4.99 Å². The largest absolute Gasteiger partial charge is 0.368 e. The van der Waals surface area contributed by atoms with Crippen molar-refractivity contribution < 1.29 is 8.78 Å². The average molecular weight is 470 g/mol. The van der Waals surface area contributed by atoms with Gasteiger partial charge in [-0.25, -0.2) is 18.7 Å². The molecule has 4 heterocycles. The number of anilines is 1. The molecule has 0 radical (unpaired) electrons. The van der Waals surface area contributed by atoms with Gasteiger partial charge in [-0.15, -0.1) is 5.10 Å². The molecule has 8 nitrogen and oxygen atoms in total. The maximum atomic E-state index is 14.2. The summed E-state index contributed by atoms with van der Waals surface area (Å²) in [7, 11) is 1.97. The quantitative estimate of drug-likeness (QED) is 0.492. The highest BCUT2D eigenvalue weighted by molar-refractivity contribution is 5.92. The molecule has 0 amide bonds. The van der Waals surface area contributed by atoms with Gasteiger partial charge in [0, 0.05) is 18.8 Å². The molecule has 1 aliphatic heterocycles. The van der Waals surface area contributed by atoms with Crippen LogP contribution in [-0.4, -0.2) is 54.9 Å². The third-order valence-electron chi connectivity index (χ3n) is 6.19. The van der Waals surface area contributed by atoms with Gasteiger partial charge in [-0.2, -0.15) is 4.52 Å². The Labute approximate surface area is 199 Å². The number of likely N-dealkylation sites (N-methyl/N-ethyl adjacent to an activating group) is 1. The number of benzene rings is 1. The molecule has 10 heteroatoms. The molecule has 1 aromatic carbocycles. The maximum Gasteiger partial charge on any atom is 0.223 e. The summed E-state index contributed by atoms with van der Waals surface area (Å²) < 4.78 is 29.4. The van der Waals surface area contributed by atoms with Gasteiger partial charge < -0.3 is 10.6 Å². The van der Waals surface area contributed by atoms with Crippen LogP contribution in [-0.2, 0) is 6.42 Å². The summed E-state index contributed by atoms with van der Waals surface area (Å²) in [5, 5.41) is 4.50. The molecule has 0 saturated heterocycles. The zero-order chi connectivity index (χ0) is 24.1. The van der Waals surface area contributed by atoms with Crippen molar-refractivity contribution in [2.45, 2.75) is 18.5 Å². The highest BCUT2D eigenvalue weighted by atomic mass is 19.1. The molecule has 4 aromatic rings. The molecule has 0 bridgehead atoms. The Hall–Kier alpha value is -4.47. The summed E-state index contributed by atoms with van der Waals surface area (Å²) in [6.07, 6.45) is 9.54. The van der Waals surface area contributed by atoms with E-state index in [4.69, 9.17) is 10.7 Å². The van der Waals surface area contributed by atoms with Crippen LogP contribution in [0, 0.1) is 11.6 Å². The van der Waals surface area contributed by atoms with Crippen LogP contribution >= 0.6 is 0 Å². The number of halogens is 2. The van der Waals surface area contributed by atoms with E-state index in [1.165, 1.54) is 35.0 Å². The first kappa shape index (κ1) is 21.1. The normalized spacial score (nSPS) is 18.8. The Balaban J connectivity index is 1.55. The first-order valence-corrected chi connectivity index (χ1v) is 11.0. The highest BCUT2D eigenvalue weighted by Gasteiger charge is 2.30. The van der Waals surface area contributed by atoms with Gasteiger partial charge in [0.1, 0.15) is 11.6 Å². The minimum absolute atomic E-state index is 0.0244. The standard InChI is InChI=1S/C25H20F2N8/c1-34-13-30-18-9-6-15(11-20(18)34)22-23(14-4-7-16(26)8-5-14)32-25(28)35-24(22)31-21(33-35)12-19-17(27)3-2-10-29-19/h2-11,13,18,20H,12H2,1H3,(H2,28,32). The van der Waals surface area contributed by atoms with Gasteiger partial charge in [0.15, 0.2) is 11.5 Å². The van der Waals surface area contributed by atoms with Gasteiger partial charge in [-0.05, 0) is 42.0 Å². The second-order valence-electron chi connectivity index (χ2n) is 8.46. The third kappa shape index (κ3) is 3.63. The Morgan fingerprint density at radius 1 is 1.09 bits per heavy atom. The number of nitrogens with zero attached hydrogens (tertiary/aromatic N) is 7. The number of hydrogen-bond acceptors (Lipinski definition) is 7. The van der Waals surface area contributed by atoms with Gasteiger partial charge in [0.2, 0.25) is 5.95 Å². The predicted molar refractivity (Wildman–Crippen MR) is 129 cm³/mol. The fraction of sp³-hybridized carbons (Fsp3) is 0.160. The van der Waals surface area contributed by atoms with E-state index in [1.807, 2.05) is 30.4 Å². The van der Waals surface area contributed by atoms with Crippen molar-refractivity contribution in [2.75, 3.05) is 12.8 Å². The SMILES string of the molecule is CN1C=NC2C=CC(c3c(-c4ccc(F)cc4)nc(N)n4nc(Cc5ncccc5F)nc34)=CC21. The predicted octanol–water partition coefficient (Wildman–Crippen LogP) is 3.30. The van der Waals surface area contributed by atoms with Crippen molar-refractivity contribution in [1.29, 1.82) is 0 Å². The van der Waals surface area contributed by atoms with E-state index in [9.17, 15) is 8.78 Å². The van der Waals surface area contributed by atoms with E-state index >= 15 is 0 Å². The molecule has 0 spiro atoms. The number of allylic oxidation sites excluding steroid dienone is 2. The van der Waals surface area contributed by atoms with E-state index in [2.05, 4.69) is 26.1 Å². The molecule has 2 N–H and O–H groups in total. The molecule has 0 saturated carbocycles. The third-order valence-corrected chi connectivity index (χ3v) is 6.19. The van der Waals surface area contributed by atoms with Crippen LogP contribution in [0.15, 0.2) is 65.8 Å². The lowest BCUT2D eigenvalue weighted by Crippen LogP contribution is -2.32. The molecule has 2 atom stereocenters. The van der Waals surface area contributed by atoms with Crippen molar-refractivity contribution >= 4 is 23.5 Å². The Bertz CT molecular complexity index is 1540. The number of rotatable bonds is 4. The van der Waals surface area contributed by atoms with E-state index in [0.29, 0.717) is 28.3 Å². The molecule has 2 unspecified atom stereocenters. The van der Waals surface area contributed by atoms with Crippen molar-refractivity contribution in [3.8, 4) is 11.3 Å². The van der Waals surface area contributed by atoms with Crippen LogP contribution in [0.25, 0.3) is 22.5 Å². The molecular formula is C25H20F2N8. The fourth-order valence-corrected chi connectivity index (χ4v) is 4.43. The van der Waals surface area contributed by atoms with Crippen LogP contribution in [0.1, 0.15) is 17.1 Å². The van der Waals surface area contributed by atoms with E-state index < -0.39 is 5.82 Å².